The minimum Gasteiger partial charge on any atom is -0.490 e. The smallest absolute Gasteiger partial charge is 0.297 e. The Kier molecular flexibility index (Phi) is 5.30. The number of anilines is 1. The monoisotopic (exact) mass is 459 g/mol. The molecule has 1 aliphatic heterocycles. The zero-order chi connectivity index (χ0) is 23.1. The molecule has 1 aliphatic rings. The van der Waals surface area contributed by atoms with Gasteiger partial charge in [-0.3, -0.25) is 14.5 Å². The highest BCUT2D eigenvalue weighted by Crippen LogP contribution is 2.42. The minimum absolute atomic E-state index is 0.0343. The van der Waals surface area contributed by atoms with Crippen molar-refractivity contribution < 1.29 is 13.9 Å². The molecule has 0 saturated heterocycles. The Hall–Kier alpha value is -3.78. The van der Waals surface area contributed by atoms with Crippen molar-refractivity contribution in [2.24, 2.45) is 0 Å². The van der Waals surface area contributed by atoms with Crippen LogP contribution in [0.1, 0.15) is 45.2 Å². The summed E-state index contributed by atoms with van der Waals surface area (Å²) in [4.78, 5) is 28.8. The van der Waals surface area contributed by atoms with Crippen molar-refractivity contribution in [1.82, 2.24) is 10.2 Å². The SMILES string of the molecule is C=CCOc1cccc(C2c3c(oc4ccc(CC)cc4c3=O)C(=O)N2c2nnc(C)s2)c1. The third kappa shape index (κ3) is 3.52. The summed E-state index contributed by atoms with van der Waals surface area (Å²) in [6.07, 6.45) is 2.44. The second-order valence-electron chi connectivity index (χ2n) is 7.71. The van der Waals surface area contributed by atoms with Gasteiger partial charge in [0, 0.05) is 0 Å². The number of nitrogens with zero attached hydrogens (tertiary/aromatic N) is 3. The average Bonchev–Trinajstić information content (AvgIpc) is 3.38. The summed E-state index contributed by atoms with van der Waals surface area (Å²) >= 11 is 1.29. The number of aromatic nitrogens is 2. The molecule has 0 aliphatic carbocycles. The Labute approximate surface area is 194 Å². The maximum atomic E-state index is 13.7. The summed E-state index contributed by atoms with van der Waals surface area (Å²) in [5.41, 5.74) is 2.21. The molecule has 2 aromatic heterocycles. The largest absolute Gasteiger partial charge is 0.490 e. The van der Waals surface area contributed by atoms with Gasteiger partial charge in [0.2, 0.25) is 10.9 Å². The molecule has 1 unspecified atom stereocenters. The van der Waals surface area contributed by atoms with Crippen LogP contribution in [-0.4, -0.2) is 22.7 Å². The Bertz CT molecular complexity index is 1460. The van der Waals surface area contributed by atoms with Crippen LogP contribution in [0, 0.1) is 6.92 Å². The van der Waals surface area contributed by atoms with Gasteiger partial charge in [-0.1, -0.05) is 49.1 Å². The van der Waals surface area contributed by atoms with Crippen LogP contribution in [0.2, 0.25) is 0 Å². The highest BCUT2D eigenvalue weighted by molar-refractivity contribution is 7.15. The van der Waals surface area contributed by atoms with Gasteiger partial charge in [0.25, 0.3) is 5.91 Å². The normalized spacial score (nSPS) is 15.2. The summed E-state index contributed by atoms with van der Waals surface area (Å²) in [5.74, 6) is 0.231. The van der Waals surface area contributed by atoms with Gasteiger partial charge in [-0.15, -0.1) is 10.2 Å². The van der Waals surface area contributed by atoms with Crippen molar-refractivity contribution in [3.63, 3.8) is 0 Å². The van der Waals surface area contributed by atoms with Crippen molar-refractivity contribution in [2.75, 3.05) is 11.5 Å². The quantitative estimate of drug-likeness (QED) is 0.384. The van der Waals surface area contributed by atoms with Gasteiger partial charge in [-0.2, -0.15) is 0 Å². The van der Waals surface area contributed by atoms with Crippen molar-refractivity contribution in [3.8, 4) is 5.75 Å². The highest BCUT2D eigenvalue weighted by Gasteiger charge is 2.45. The lowest BCUT2D eigenvalue weighted by atomic mass is 9.98. The van der Waals surface area contributed by atoms with Gasteiger partial charge in [-0.25, -0.2) is 0 Å². The number of carbonyl (C=O) groups excluding carboxylic acids is 1. The Morgan fingerprint density at radius 1 is 1.21 bits per heavy atom. The molecule has 0 fully saturated rings. The second kappa shape index (κ2) is 8.29. The van der Waals surface area contributed by atoms with Gasteiger partial charge in [-0.05, 0) is 48.7 Å². The fourth-order valence-corrected chi connectivity index (χ4v) is 4.78. The van der Waals surface area contributed by atoms with Crippen LogP contribution < -0.4 is 15.1 Å². The van der Waals surface area contributed by atoms with E-state index < -0.39 is 11.9 Å². The fourth-order valence-electron chi connectivity index (χ4n) is 4.07. The van der Waals surface area contributed by atoms with Crippen molar-refractivity contribution >= 4 is 33.3 Å². The molecular formula is C25H21N3O4S. The highest BCUT2D eigenvalue weighted by atomic mass is 32.1. The van der Waals surface area contributed by atoms with E-state index in [-0.39, 0.29) is 11.2 Å². The predicted molar refractivity (Wildman–Crippen MR) is 127 cm³/mol. The second-order valence-corrected chi connectivity index (χ2v) is 8.87. The molecule has 33 heavy (non-hydrogen) atoms. The standard InChI is InChI=1S/C25H21N3O4S/c1-4-11-31-17-8-6-7-16(13-17)21-20-22(29)18-12-15(5-2)9-10-19(18)32-23(20)24(30)28(21)25-27-26-14(3)33-25/h4,6-10,12-13,21H,1,5,11H2,2-3H3. The van der Waals surface area contributed by atoms with E-state index in [2.05, 4.69) is 16.8 Å². The summed E-state index contributed by atoms with van der Waals surface area (Å²) in [7, 11) is 0. The van der Waals surface area contributed by atoms with Crippen LogP contribution >= 0.6 is 11.3 Å². The van der Waals surface area contributed by atoms with Crippen LogP contribution in [0.25, 0.3) is 11.0 Å². The lowest BCUT2D eigenvalue weighted by Gasteiger charge is -2.22. The molecule has 166 valence electrons. The van der Waals surface area contributed by atoms with Gasteiger partial charge in [0.05, 0.1) is 17.0 Å². The van der Waals surface area contributed by atoms with Gasteiger partial charge in [0.15, 0.2) is 5.43 Å². The molecular weight excluding hydrogens is 438 g/mol. The number of fused-ring (bicyclic) bond motifs is 2. The molecule has 2 aromatic carbocycles. The van der Waals surface area contributed by atoms with E-state index in [0.29, 0.717) is 39.0 Å². The van der Waals surface area contributed by atoms with Crippen molar-refractivity contribution in [3.05, 3.63) is 92.8 Å². The number of hydrogen-bond acceptors (Lipinski definition) is 7. The van der Waals surface area contributed by atoms with Crippen LogP contribution in [0.3, 0.4) is 0 Å². The first-order chi connectivity index (χ1) is 16.0. The summed E-state index contributed by atoms with van der Waals surface area (Å²) < 4.78 is 11.7. The first-order valence-corrected chi connectivity index (χ1v) is 11.4. The molecule has 8 heteroatoms. The molecule has 1 atom stereocenters. The van der Waals surface area contributed by atoms with Crippen molar-refractivity contribution in [1.29, 1.82) is 0 Å². The van der Waals surface area contributed by atoms with Crippen molar-refractivity contribution in [2.45, 2.75) is 26.3 Å². The van der Waals surface area contributed by atoms with E-state index in [9.17, 15) is 9.59 Å². The van der Waals surface area contributed by atoms with E-state index in [1.54, 1.807) is 12.1 Å². The molecule has 7 nitrogen and oxygen atoms in total. The molecule has 0 spiro atoms. The van der Waals surface area contributed by atoms with E-state index in [4.69, 9.17) is 9.15 Å². The number of amides is 1. The van der Waals surface area contributed by atoms with E-state index >= 15 is 0 Å². The lowest BCUT2D eigenvalue weighted by Crippen LogP contribution is -2.29. The summed E-state index contributed by atoms with van der Waals surface area (Å²) in [5, 5.41) is 9.85. The minimum atomic E-state index is -0.710. The molecule has 0 radical (unpaired) electrons. The van der Waals surface area contributed by atoms with E-state index in [0.717, 1.165) is 17.5 Å². The average molecular weight is 460 g/mol. The number of benzene rings is 2. The number of hydrogen-bond donors (Lipinski definition) is 0. The zero-order valence-electron chi connectivity index (χ0n) is 18.2. The first kappa shape index (κ1) is 21.1. The van der Waals surface area contributed by atoms with Crippen LogP contribution in [0.15, 0.2) is 64.3 Å². The summed E-state index contributed by atoms with van der Waals surface area (Å²) in [6.45, 7) is 7.86. The van der Waals surface area contributed by atoms with Crippen LogP contribution in [0.4, 0.5) is 5.13 Å². The number of ether oxygens (including phenoxy) is 1. The molecule has 3 heterocycles. The van der Waals surface area contributed by atoms with E-state index in [1.165, 1.54) is 16.2 Å². The van der Waals surface area contributed by atoms with E-state index in [1.807, 2.05) is 50.2 Å². The predicted octanol–water partition coefficient (Wildman–Crippen LogP) is 4.83. The maximum Gasteiger partial charge on any atom is 0.297 e. The molecule has 0 bridgehead atoms. The third-order valence-corrected chi connectivity index (χ3v) is 6.44. The Morgan fingerprint density at radius 2 is 2.06 bits per heavy atom. The number of carbonyl (C=O) groups is 1. The van der Waals surface area contributed by atoms with Gasteiger partial charge >= 0.3 is 0 Å². The molecule has 5 rings (SSSR count). The first-order valence-electron chi connectivity index (χ1n) is 10.6. The summed E-state index contributed by atoms with van der Waals surface area (Å²) in [6, 6.07) is 12.1. The zero-order valence-corrected chi connectivity index (χ0v) is 19.0. The van der Waals surface area contributed by atoms with Crippen LogP contribution in [0.5, 0.6) is 5.75 Å². The maximum absolute atomic E-state index is 13.7. The van der Waals surface area contributed by atoms with Gasteiger partial charge in [0.1, 0.15) is 22.9 Å². The third-order valence-electron chi connectivity index (χ3n) is 5.61. The molecule has 1 amide bonds. The van der Waals surface area contributed by atoms with Crippen LogP contribution in [-0.2, 0) is 6.42 Å². The topological polar surface area (TPSA) is 85.5 Å². The lowest BCUT2D eigenvalue weighted by molar-refractivity contribution is 0.0970. The molecule has 0 N–H and O–H groups in total. The molecule has 4 aromatic rings. The molecule has 0 saturated carbocycles. The Morgan fingerprint density at radius 3 is 2.79 bits per heavy atom. The number of rotatable bonds is 6. The van der Waals surface area contributed by atoms with Gasteiger partial charge < -0.3 is 9.15 Å². The Balaban J connectivity index is 1.76. The fraction of sp³-hybridized carbons (Fsp3) is 0.200. The number of aryl methyl sites for hydroxylation is 2.